The van der Waals surface area contributed by atoms with Crippen molar-refractivity contribution in [3.05, 3.63) is 83.7 Å². The number of amides is 1. The molecule has 0 bridgehead atoms. The van der Waals surface area contributed by atoms with Crippen LogP contribution in [0.25, 0.3) is 5.69 Å². The number of rotatable bonds is 5. The van der Waals surface area contributed by atoms with Gasteiger partial charge in [-0.15, -0.1) is 0 Å². The van der Waals surface area contributed by atoms with Crippen LogP contribution in [0.4, 0.5) is 0 Å². The number of aromatic nitrogens is 2. The Morgan fingerprint density at radius 2 is 1.85 bits per heavy atom. The first-order chi connectivity index (χ1) is 13.2. The molecule has 0 radical (unpaired) electrons. The van der Waals surface area contributed by atoms with Crippen LogP contribution in [0.3, 0.4) is 0 Å². The summed E-state index contributed by atoms with van der Waals surface area (Å²) in [5, 5.41) is 13.4. The Morgan fingerprint density at radius 3 is 2.59 bits per heavy atom. The van der Waals surface area contributed by atoms with Gasteiger partial charge in [0.15, 0.2) is 0 Å². The van der Waals surface area contributed by atoms with Crippen LogP contribution in [0.2, 0.25) is 0 Å². The zero-order valence-corrected chi connectivity index (χ0v) is 15.2. The fourth-order valence-corrected chi connectivity index (χ4v) is 3.73. The molecular weight excluding hydrogens is 338 g/mol. The highest BCUT2D eigenvalue weighted by atomic mass is 16.3. The molecule has 1 aliphatic heterocycles. The Hall–Kier alpha value is -2.92. The van der Waals surface area contributed by atoms with Crippen LogP contribution in [0, 0.1) is 5.92 Å². The third-order valence-corrected chi connectivity index (χ3v) is 5.19. The summed E-state index contributed by atoms with van der Waals surface area (Å²) >= 11 is 0. The number of benzene rings is 2. The maximum Gasteiger partial charge on any atom is 0.256 e. The van der Waals surface area contributed by atoms with Crippen LogP contribution in [0.5, 0.6) is 0 Å². The third-order valence-electron chi connectivity index (χ3n) is 5.19. The van der Waals surface area contributed by atoms with E-state index >= 15 is 0 Å². The molecule has 1 aliphatic rings. The second-order valence-corrected chi connectivity index (χ2v) is 7.05. The lowest BCUT2D eigenvalue weighted by molar-refractivity contribution is 0.0787. The Bertz CT molecular complexity index is 904. The first-order valence-electron chi connectivity index (χ1n) is 9.31. The molecule has 0 unspecified atom stereocenters. The van der Waals surface area contributed by atoms with Crippen molar-refractivity contribution >= 4 is 5.91 Å². The average Bonchev–Trinajstić information content (AvgIpc) is 3.40. The molecule has 1 N–H and O–H groups in total. The number of carbonyl (C=O) groups is 1. The molecule has 2 heterocycles. The third kappa shape index (κ3) is 3.78. The molecule has 1 saturated heterocycles. The van der Waals surface area contributed by atoms with Crippen LogP contribution < -0.4 is 0 Å². The van der Waals surface area contributed by atoms with E-state index in [9.17, 15) is 4.79 Å². The van der Waals surface area contributed by atoms with E-state index in [2.05, 4.69) is 17.2 Å². The van der Waals surface area contributed by atoms with Gasteiger partial charge < -0.3 is 10.0 Å². The number of para-hydroxylation sites is 1. The molecule has 0 aliphatic carbocycles. The highest BCUT2D eigenvalue weighted by molar-refractivity contribution is 5.97. The highest BCUT2D eigenvalue weighted by Crippen LogP contribution is 2.24. The molecule has 5 heteroatoms. The van der Waals surface area contributed by atoms with Gasteiger partial charge in [-0.1, -0.05) is 36.4 Å². The van der Waals surface area contributed by atoms with Crippen molar-refractivity contribution < 1.29 is 9.90 Å². The zero-order chi connectivity index (χ0) is 18.6. The lowest BCUT2D eigenvalue weighted by atomic mass is 9.98. The molecule has 0 saturated carbocycles. The summed E-state index contributed by atoms with van der Waals surface area (Å²) in [7, 11) is 0. The first-order valence-corrected chi connectivity index (χ1v) is 9.31. The Balaban J connectivity index is 1.45. The van der Waals surface area contributed by atoms with E-state index in [4.69, 9.17) is 5.11 Å². The second kappa shape index (κ2) is 7.76. The van der Waals surface area contributed by atoms with Crippen LogP contribution >= 0.6 is 0 Å². The minimum atomic E-state index is 0.0687. The minimum Gasteiger partial charge on any atom is -0.392 e. The summed E-state index contributed by atoms with van der Waals surface area (Å²) in [5.41, 5.74) is 3.69. The van der Waals surface area contributed by atoms with Crippen molar-refractivity contribution in [1.82, 2.24) is 14.7 Å². The summed E-state index contributed by atoms with van der Waals surface area (Å²) in [6.07, 6.45) is 5.54. The fourth-order valence-electron chi connectivity index (χ4n) is 3.73. The monoisotopic (exact) mass is 361 g/mol. The van der Waals surface area contributed by atoms with Crippen molar-refractivity contribution in [2.24, 2.45) is 5.92 Å². The molecule has 4 rings (SSSR count). The van der Waals surface area contributed by atoms with Gasteiger partial charge in [0.1, 0.15) is 0 Å². The van der Waals surface area contributed by atoms with Crippen LogP contribution in [-0.2, 0) is 13.0 Å². The molecule has 1 aromatic heterocycles. The normalized spacial score (nSPS) is 16.6. The van der Waals surface area contributed by atoms with Gasteiger partial charge in [-0.3, -0.25) is 4.79 Å². The van der Waals surface area contributed by atoms with Gasteiger partial charge in [-0.05, 0) is 48.1 Å². The number of hydrogen-bond donors (Lipinski definition) is 1. The van der Waals surface area contributed by atoms with Crippen molar-refractivity contribution in [2.75, 3.05) is 13.1 Å². The number of carbonyl (C=O) groups excluding carboxylic acids is 1. The lowest BCUT2D eigenvalue weighted by Gasteiger charge is -2.19. The predicted octanol–water partition coefficient (Wildman–Crippen LogP) is 3.07. The van der Waals surface area contributed by atoms with E-state index in [-0.39, 0.29) is 12.5 Å². The van der Waals surface area contributed by atoms with E-state index in [0.717, 1.165) is 37.2 Å². The highest BCUT2D eigenvalue weighted by Gasteiger charge is 2.28. The summed E-state index contributed by atoms with van der Waals surface area (Å²) in [6, 6.07) is 17.6. The van der Waals surface area contributed by atoms with Crippen LogP contribution in [-0.4, -0.2) is 38.8 Å². The SMILES string of the molecule is O=C(c1ccccc1-n1cccn1)N1CC[C@H](Cc2ccc(CO)cc2)C1. The van der Waals surface area contributed by atoms with E-state index < -0.39 is 0 Å². The van der Waals surface area contributed by atoms with E-state index in [1.165, 1.54) is 5.56 Å². The molecule has 138 valence electrons. The second-order valence-electron chi connectivity index (χ2n) is 7.05. The number of aliphatic hydroxyl groups is 1. The maximum absolute atomic E-state index is 13.1. The smallest absolute Gasteiger partial charge is 0.256 e. The minimum absolute atomic E-state index is 0.0687. The fraction of sp³-hybridized carbons (Fsp3) is 0.273. The quantitative estimate of drug-likeness (QED) is 0.760. The molecule has 5 nitrogen and oxygen atoms in total. The van der Waals surface area contributed by atoms with Crippen molar-refractivity contribution in [1.29, 1.82) is 0 Å². The molecule has 0 spiro atoms. The topological polar surface area (TPSA) is 58.4 Å². The summed E-state index contributed by atoms with van der Waals surface area (Å²) < 4.78 is 1.74. The Kier molecular flexibility index (Phi) is 5.03. The summed E-state index contributed by atoms with van der Waals surface area (Å²) in [6.45, 7) is 1.63. The van der Waals surface area contributed by atoms with Gasteiger partial charge in [-0.2, -0.15) is 5.10 Å². The summed E-state index contributed by atoms with van der Waals surface area (Å²) in [4.78, 5) is 15.1. The Morgan fingerprint density at radius 1 is 1.07 bits per heavy atom. The number of likely N-dealkylation sites (tertiary alicyclic amines) is 1. The van der Waals surface area contributed by atoms with Crippen LogP contribution in [0.1, 0.15) is 27.9 Å². The van der Waals surface area contributed by atoms with Crippen LogP contribution in [0.15, 0.2) is 67.0 Å². The Labute approximate surface area is 158 Å². The van der Waals surface area contributed by atoms with Crippen molar-refractivity contribution in [3.63, 3.8) is 0 Å². The van der Waals surface area contributed by atoms with Gasteiger partial charge >= 0.3 is 0 Å². The lowest BCUT2D eigenvalue weighted by Crippen LogP contribution is -2.30. The van der Waals surface area contributed by atoms with Gasteiger partial charge in [0.25, 0.3) is 5.91 Å². The van der Waals surface area contributed by atoms with E-state index in [1.54, 1.807) is 10.9 Å². The average molecular weight is 361 g/mol. The molecule has 1 amide bonds. The van der Waals surface area contributed by atoms with Gasteiger partial charge in [0.05, 0.1) is 17.9 Å². The van der Waals surface area contributed by atoms with Crippen molar-refractivity contribution in [3.8, 4) is 5.69 Å². The molecular formula is C22H23N3O2. The number of hydrogen-bond acceptors (Lipinski definition) is 3. The molecule has 27 heavy (non-hydrogen) atoms. The van der Waals surface area contributed by atoms with E-state index in [1.807, 2.05) is 53.6 Å². The number of nitrogens with zero attached hydrogens (tertiary/aromatic N) is 3. The number of aliphatic hydroxyl groups excluding tert-OH is 1. The van der Waals surface area contributed by atoms with Gasteiger partial charge in [0.2, 0.25) is 0 Å². The van der Waals surface area contributed by atoms with Gasteiger partial charge in [-0.25, -0.2) is 4.68 Å². The molecule has 3 aromatic rings. The molecule has 1 fully saturated rings. The molecule has 2 aromatic carbocycles. The first kappa shape index (κ1) is 17.5. The maximum atomic E-state index is 13.1. The zero-order valence-electron chi connectivity index (χ0n) is 15.2. The molecule has 1 atom stereocenters. The van der Waals surface area contributed by atoms with E-state index in [0.29, 0.717) is 11.5 Å². The standard InChI is InChI=1S/C22H23N3O2/c26-16-18-8-6-17(7-9-18)14-19-10-13-24(15-19)22(27)20-4-1-2-5-21(20)25-12-3-11-23-25/h1-9,11-12,19,26H,10,13-16H2/t19-/m1/s1. The predicted molar refractivity (Wildman–Crippen MR) is 104 cm³/mol. The largest absolute Gasteiger partial charge is 0.392 e. The summed E-state index contributed by atoms with van der Waals surface area (Å²) in [5.74, 6) is 0.532. The van der Waals surface area contributed by atoms with Crippen molar-refractivity contribution in [2.45, 2.75) is 19.4 Å². The van der Waals surface area contributed by atoms with Gasteiger partial charge in [0, 0.05) is 25.5 Å².